The lowest BCUT2D eigenvalue weighted by Crippen LogP contribution is -2.55. The maximum absolute atomic E-state index is 12.1. The second kappa shape index (κ2) is 8.01. The van der Waals surface area contributed by atoms with Crippen LogP contribution in [0.4, 0.5) is 4.79 Å². The van der Waals surface area contributed by atoms with Gasteiger partial charge in [0, 0.05) is 42.7 Å². The van der Waals surface area contributed by atoms with Crippen molar-refractivity contribution in [2.45, 2.75) is 39.3 Å². The summed E-state index contributed by atoms with van der Waals surface area (Å²) in [7, 11) is 0. The molecule has 0 saturated carbocycles. The lowest BCUT2D eigenvalue weighted by molar-refractivity contribution is -0.0134. The van der Waals surface area contributed by atoms with Crippen LogP contribution in [0, 0.1) is 5.41 Å². The Hall–Kier alpha value is -1.53. The van der Waals surface area contributed by atoms with E-state index in [2.05, 4.69) is 24.1 Å². The van der Waals surface area contributed by atoms with E-state index in [1.165, 1.54) is 0 Å². The van der Waals surface area contributed by atoms with Crippen molar-refractivity contribution >= 4 is 35.0 Å². The summed E-state index contributed by atoms with van der Waals surface area (Å²) in [6, 6.07) is 7.99. The average Bonchev–Trinajstić information content (AvgIpc) is 2.63. The average molecular weight is 396 g/mol. The topological polar surface area (TPSA) is 44.8 Å². The highest BCUT2D eigenvalue weighted by Gasteiger charge is 2.38. The third-order valence-electron chi connectivity index (χ3n) is 5.00. The van der Waals surface area contributed by atoms with Crippen molar-refractivity contribution in [1.29, 1.82) is 0 Å². The van der Waals surface area contributed by atoms with Gasteiger partial charge in [0.05, 0.1) is 6.61 Å². The van der Waals surface area contributed by atoms with E-state index in [1.807, 2.05) is 29.2 Å². The summed E-state index contributed by atoms with van der Waals surface area (Å²) in [6.07, 6.45) is 1.63. The maximum Gasteiger partial charge on any atom is 0.410 e. The zero-order valence-corrected chi connectivity index (χ0v) is 16.9. The minimum atomic E-state index is -0.179. The van der Waals surface area contributed by atoms with E-state index in [1.54, 1.807) is 0 Å². The number of piperidine rings is 1. The number of amides is 1. The summed E-state index contributed by atoms with van der Waals surface area (Å²) in [5.41, 5.74) is 1.04. The predicted molar refractivity (Wildman–Crippen MR) is 107 cm³/mol. The molecule has 1 aromatic rings. The Morgan fingerprint density at radius 3 is 2.73 bits per heavy atom. The first-order valence-corrected chi connectivity index (χ1v) is 9.84. The second-order valence-corrected chi connectivity index (χ2v) is 8.61. The first-order chi connectivity index (χ1) is 12.4. The van der Waals surface area contributed by atoms with Gasteiger partial charge in [0.25, 0.3) is 0 Å². The van der Waals surface area contributed by atoms with Crippen molar-refractivity contribution < 1.29 is 9.53 Å². The van der Waals surface area contributed by atoms with E-state index in [0.717, 1.165) is 48.2 Å². The molecule has 0 spiro atoms. The molecule has 1 N–H and O–H groups in total. The summed E-state index contributed by atoms with van der Waals surface area (Å²) in [4.78, 5) is 16.2. The Labute approximate surface area is 165 Å². The summed E-state index contributed by atoms with van der Waals surface area (Å²) in [5, 5.41) is 4.78. The minimum Gasteiger partial charge on any atom is -0.449 e. The lowest BCUT2D eigenvalue weighted by atomic mass is 9.91. The fourth-order valence-electron chi connectivity index (χ4n) is 3.49. The lowest BCUT2D eigenvalue weighted by Gasteiger charge is -2.44. The Bertz CT molecular complexity index is 675. The molecule has 2 aliphatic rings. The molecule has 0 radical (unpaired) electrons. The molecule has 1 amide bonds. The first kappa shape index (κ1) is 19.2. The highest BCUT2D eigenvalue weighted by Crippen LogP contribution is 2.28. The number of thiocarbonyl (C=S) groups is 1. The van der Waals surface area contributed by atoms with Gasteiger partial charge in [0.15, 0.2) is 5.11 Å². The number of cyclic esters (lactones) is 1. The number of rotatable bonds is 3. The van der Waals surface area contributed by atoms with E-state index in [0.29, 0.717) is 13.2 Å². The molecular weight excluding hydrogens is 370 g/mol. The number of nitrogens with one attached hydrogen (secondary N) is 1. The van der Waals surface area contributed by atoms with Crippen LogP contribution < -0.4 is 5.32 Å². The normalized spacial score (nSPS) is 20.7. The number of carbonyl (C=O) groups excluding carboxylic acids is 1. The molecule has 0 atom stereocenters. The predicted octanol–water partition coefficient (Wildman–Crippen LogP) is 3.66. The monoisotopic (exact) mass is 395 g/mol. The third-order valence-corrected chi connectivity index (χ3v) is 5.77. The summed E-state index contributed by atoms with van der Waals surface area (Å²) >= 11 is 11.7. The maximum atomic E-state index is 12.1. The molecule has 0 aliphatic carbocycles. The summed E-state index contributed by atoms with van der Waals surface area (Å²) in [6.45, 7) is 7.81. The van der Waals surface area contributed by atoms with Crippen LogP contribution >= 0.6 is 23.8 Å². The fraction of sp³-hybridized carbons (Fsp3) is 0.579. The van der Waals surface area contributed by atoms with Gasteiger partial charge in [-0.05, 0) is 36.7 Å². The van der Waals surface area contributed by atoms with Crippen molar-refractivity contribution in [2.75, 3.05) is 26.2 Å². The van der Waals surface area contributed by atoms with Crippen LogP contribution in [0.5, 0.6) is 0 Å². The number of halogens is 1. The SMILES string of the molecule is CC1(C)COC(=O)N(C2CCN(C(=S)NCc3ccccc3Cl)CC2)C1. The van der Waals surface area contributed by atoms with E-state index in [9.17, 15) is 4.79 Å². The Balaban J connectivity index is 1.49. The number of benzene rings is 1. The van der Waals surface area contributed by atoms with Gasteiger partial charge < -0.3 is 19.9 Å². The molecule has 2 saturated heterocycles. The zero-order valence-electron chi connectivity index (χ0n) is 15.3. The second-order valence-electron chi connectivity index (χ2n) is 7.82. The summed E-state index contributed by atoms with van der Waals surface area (Å²) < 4.78 is 5.35. The highest BCUT2D eigenvalue weighted by atomic mass is 35.5. The number of ether oxygens (including phenoxy) is 1. The van der Waals surface area contributed by atoms with Gasteiger partial charge in [0.2, 0.25) is 0 Å². The van der Waals surface area contributed by atoms with Gasteiger partial charge in [0.1, 0.15) is 0 Å². The highest BCUT2D eigenvalue weighted by molar-refractivity contribution is 7.80. The molecule has 0 aromatic heterocycles. The number of hydrogen-bond donors (Lipinski definition) is 1. The van der Waals surface area contributed by atoms with E-state index >= 15 is 0 Å². The molecule has 7 heteroatoms. The van der Waals surface area contributed by atoms with Crippen molar-refractivity contribution in [3.63, 3.8) is 0 Å². The van der Waals surface area contributed by atoms with Gasteiger partial charge in [-0.3, -0.25) is 0 Å². The zero-order chi connectivity index (χ0) is 18.7. The van der Waals surface area contributed by atoms with Crippen LogP contribution in [0.25, 0.3) is 0 Å². The molecule has 1 aromatic carbocycles. The number of likely N-dealkylation sites (tertiary alicyclic amines) is 1. The Kier molecular flexibility index (Phi) is 5.92. The molecule has 0 unspecified atom stereocenters. The minimum absolute atomic E-state index is 0.0108. The molecular formula is C19H26ClN3O2S. The molecule has 2 aliphatic heterocycles. The quantitative estimate of drug-likeness (QED) is 0.791. The molecule has 2 heterocycles. The van der Waals surface area contributed by atoms with Gasteiger partial charge in [-0.2, -0.15) is 0 Å². The Morgan fingerprint density at radius 1 is 1.35 bits per heavy atom. The van der Waals surface area contributed by atoms with Crippen LogP contribution in [-0.2, 0) is 11.3 Å². The van der Waals surface area contributed by atoms with Crippen LogP contribution in [0.15, 0.2) is 24.3 Å². The molecule has 2 fully saturated rings. The molecule has 3 rings (SSSR count). The van der Waals surface area contributed by atoms with Gasteiger partial charge >= 0.3 is 6.09 Å². The van der Waals surface area contributed by atoms with Gasteiger partial charge in [-0.1, -0.05) is 43.6 Å². The van der Waals surface area contributed by atoms with Crippen molar-refractivity contribution in [1.82, 2.24) is 15.1 Å². The largest absolute Gasteiger partial charge is 0.449 e. The third kappa shape index (κ3) is 4.60. The molecule has 5 nitrogen and oxygen atoms in total. The van der Waals surface area contributed by atoms with Gasteiger partial charge in [-0.15, -0.1) is 0 Å². The number of nitrogens with zero attached hydrogens (tertiary/aromatic N) is 2. The Morgan fingerprint density at radius 2 is 2.04 bits per heavy atom. The van der Waals surface area contributed by atoms with E-state index < -0.39 is 0 Å². The van der Waals surface area contributed by atoms with Gasteiger partial charge in [-0.25, -0.2) is 4.79 Å². The van der Waals surface area contributed by atoms with Crippen LogP contribution in [-0.4, -0.2) is 53.3 Å². The van der Waals surface area contributed by atoms with E-state index in [-0.39, 0.29) is 17.6 Å². The molecule has 142 valence electrons. The van der Waals surface area contributed by atoms with Crippen molar-refractivity contribution in [3.8, 4) is 0 Å². The number of hydrogen-bond acceptors (Lipinski definition) is 3. The molecule has 0 bridgehead atoms. The van der Waals surface area contributed by atoms with E-state index in [4.69, 9.17) is 28.6 Å². The van der Waals surface area contributed by atoms with Crippen molar-refractivity contribution in [2.24, 2.45) is 5.41 Å². The fourth-order valence-corrected chi connectivity index (χ4v) is 3.95. The molecule has 26 heavy (non-hydrogen) atoms. The van der Waals surface area contributed by atoms with Crippen LogP contribution in [0.2, 0.25) is 5.02 Å². The first-order valence-electron chi connectivity index (χ1n) is 9.05. The number of carbonyl (C=O) groups is 1. The standard InChI is InChI=1S/C19H26ClN3O2S/c1-19(2)12-23(18(24)25-13-19)15-7-9-22(10-8-15)17(26)21-11-14-5-3-4-6-16(14)20/h3-6,15H,7-13H2,1-2H3,(H,21,26). The van der Waals surface area contributed by atoms with Crippen molar-refractivity contribution in [3.05, 3.63) is 34.9 Å². The van der Waals surface area contributed by atoms with Crippen LogP contribution in [0.1, 0.15) is 32.3 Å². The smallest absolute Gasteiger partial charge is 0.410 e. The van der Waals surface area contributed by atoms with Crippen LogP contribution in [0.3, 0.4) is 0 Å². The summed E-state index contributed by atoms with van der Waals surface area (Å²) in [5.74, 6) is 0.